The summed E-state index contributed by atoms with van der Waals surface area (Å²) in [6, 6.07) is 9.52. The third-order valence-electron chi connectivity index (χ3n) is 6.59. The van der Waals surface area contributed by atoms with Crippen LogP contribution in [-0.2, 0) is 12.8 Å². The molecule has 2 aromatic rings. The zero-order valence-electron chi connectivity index (χ0n) is 18.3. The average molecular weight is 397 g/mol. The maximum atomic E-state index is 14.7. The number of hydrogen-bond donors (Lipinski definition) is 0. The monoisotopic (exact) mass is 396 g/mol. The van der Waals surface area contributed by atoms with Crippen LogP contribution in [0, 0.1) is 17.7 Å². The lowest BCUT2D eigenvalue weighted by Crippen LogP contribution is -2.15. The molecular weight excluding hydrogens is 359 g/mol. The summed E-state index contributed by atoms with van der Waals surface area (Å²) in [6.45, 7) is 4.45. The first-order chi connectivity index (χ1) is 14.2. The summed E-state index contributed by atoms with van der Waals surface area (Å²) in [6.07, 6.45) is 15.0. The highest BCUT2D eigenvalue weighted by atomic mass is 19.1. The SMILES string of the molecule is CCCCc1ccc(-c2ccc(CCC3CCC(CCCC)CC3)cc2F)nn1. The topological polar surface area (TPSA) is 25.8 Å². The van der Waals surface area contributed by atoms with E-state index in [1.165, 1.54) is 51.4 Å². The van der Waals surface area contributed by atoms with E-state index in [9.17, 15) is 4.39 Å². The number of benzene rings is 1. The summed E-state index contributed by atoms with van der Waals surface area (Å²) < 4.78 is 14.7. The number of nitrogens with zero attached hydrogens (tertiary/aromatic N) is 2. The molecule has 1 heterocycles. The Hall–Kier alpha value is -1.77. The third-order valence-corrected chi connectivity index (χ3v) is 6.59. The summed E-state index contributed by atoms with van der Waals surface area (Å²) in [5.74, 6) is 1.59. The zero-order valence-corrected chi connectivity index (χ0v) is 18.3. The molecule has 29 heavy (non-hydrogen) atoms. The van der Waals surface area contributed by atoms with Gasteiger partial charge >= 0.3 is 0 Å². The van der Waals surface area contributed by atoms with Crippen LogP contribution in [0.3, 0.4) is 0 Å². The van der Waals surface area contributed by atoms with E-state index in [2.05, 4.69) is 30.1 Å². The molecule has 0 unspecified atom stereocenters. The molecule has 0 N–H and O–H groups in total. The molecule has 3 heteroatoms. The number of aryl methyl sites for hydroxylation is 2. The van der Waals surface area contributed by atoms with Crippen LogP contribution >= 0.6 is 0 Å². The molecule has 2 nitrogen and oxygen atoms in total. The van der Waals surface area contributed by atoms with Crippen molar-refractivity contribution in [1.29, 1.82) is 0 Å². The van der Waals surface area contributed by atoms with Crippen molar-refractivity contribution in [2.75, 3.05) is 0 Å². The normalized spacial score (nSPS) is 19.4. The van der Waals surface area contributed by atoms with E-state index in [0.29, 0.717) is 11.3 Å². The van der Waals surface area contributed by atoms with Gasteiger partial charge in [-0.2, -0.15) is 10.2 Å². The minimum absolute atomic E-state index is 0.179. The Kier molecular flexibility index (Phi) is 8.64. The molecular formula is C26H37FN2. The van der Waals surface area contributed by atoms with Crippen molar-refractivity contribution in [3.05, 3.63) is 47.4 Å². The molecule has 1 saturated carbocycles. The van der Waals surface area contributed by atoms with E-state index in [1.807, 2.05) is 18.2 Å². The van der Waals surface area contributed by atoms with Gasteiger partial charge in [-0.25, -0.2) is 4.39 Å². The van der Waals surface area contributed by atoms with Crippen molar-refractivity contribution >= 4 is 0 Å². The summed E-state index contributed by atoms with van der Waals surface area (Å²) >= 11 is 0. The van der Waals surface area contributed by atoms with Gasteiger partial charge in [-0.05, 0) is 67.3 Å². The molecule has 1 fully saturated rings. The van der Waals surface area contributed by atoms with Crippen LogP contribution in [0.25, 0.3) is 11.3 Å². The molecule has 0 amide bonds. The van der Waals surface area contributed by atoms with Crippen LogP contribution in [-0.4, -0.2) is 10.2 Å². The highest BCUT2D eigenvalue weighted by Crippen LogP contribution is 2.34. The van der Waals surface area contributed by atoms with E-state index in [0.717, 1.165) is 48.8 Å². The van der Waals surface area contributed by atoms with Crippen molar-refractivity contribution in [3.8, 4) is 11.3 Å². The average Bonchev–Trinajstić information content (AvgIpc) is 2.76. The fourth-order valence-corrected chi connectivity index (χ4v) is 4.59. The molecule has 0 spiro atoms. The lowest BCUT2D eigenvalue weighted by Gasteiger charge is -2.28. The predicted molar refractivity (Wildman–Crippen MR) is 119 cm³/mol. The number of rotatable bonds is 10. The lowest BCUT2D eigenvalue weighted by atomic mass is 9.78. The molecule has 0 bridgehead atoms. The van der Waals surface area contributed by atoms with E-state index in [1.54, 1.807) is 6.07 Å². The fraction of sp³-hybridized carbons (Fsp3) is 0.615. The largest absolute Gasteiger partial charge is 0.206 e. The van der Waals surface area contributed by atoms with Crippen LogP contribution in [0.2, 0.25) is 0 Å². The van der Waals surface area contributed by atoms with E-state index < -0.39 is 0 Å². The van der Waals surface area contributed by atoms with Crippen molar-refractivity contribution in [2.45, 2.75) is 90.9 Å². The van der Waals surface area contributed by atoms with Crippen molar-refractivity contribution in [1.82, 2.24) is 10.2 Å². The Bertz CT molecular complexity index is 733. The first-order valence-electron chi connectivity index (χ1n) is 11.8. The molecule has 1 aromatic heterocycles. The second-order valence-electron chi connectivity index (χ2n) is 8.90. The first kappa shape index (κ1) is 21.9. The van der Waals surface area contributed by atoms with Gasteiger partial charge < -0.3 is 0 Å². The van der Waals surface area contributed by atoms with Crippen LogP contribution in [0.5, 0.6) is 0 Å². The highest BCUT2D eigenvalue weighted by molar-refractivity contribution is 5.59. The summed E-state index contributed by atoms with van der Waals surface area (Å²) in [4.78, 5) is 0. The Morgan fingerprint density at radius 1 is 0.828 bits per heavy atom. The van der Waals surface area contributed by atoms with Gasteiger partial charge in [-0.3, -0.25) is 0 Å². The summed E-state index contributed by atoms with van der Waals surface area (Å²) in [5, 5.41) is 8.51. The summed E-state index contributed by atoms with van der Waals surface area (Å²) in [7, 11) is 0. The van der Waals surface area contributed by atoms with E-state index in [4.69, 9.17) is 0 Å². The van der Waals surface area contributed by atoms with E-state index in [-0.39, 0.29) is 5.82 Å². The molecule has 1 aromatic carbocycles. The Balaban J connectivity index is 1.51. The number of hydrogen-bond acceptors (Lipinski definition) is 2. The number of halogens is 1. The van der Waals surface area contributed by atoms with Gasteiger partial charge in [0.1, 0.15) is 5.82 Å². The molecule has 0 radical (unpaired) electrons. The minimum Gasteiger partial charge on any atom is -0.206 e. The third kappa shape index (κ3) is 6.62. The molecule has 3 rings (SSSR count). The Morgan fingerprint density at radius 2 is 1.55 bits per heavy atom. The fourth-order valence-electron chi connectivity index (χ4n) is 4.59. The van der Waals surface area contributed by atoms with Gasteiger partial charge in [0, 0.05) is 5.56 Å². The maximum Gasteiger partial charge on any atom is 0.132 e. The Morgan fingerprint density at radius 3 is 2.17 bits per heavy atom. The quantitative estimate of drug-likeness (QED) is 0.414. The first-order valence-corrected chi connectivity index (χ1v) is 11.8. The van der Waals surface area contributed by atoms with Gasteiger partial charge in [0.25, 0.3) is 0 Å². The van der Waals surface area contributed by atoms with Crippen molar-refractivity contribution < 1.29 is 4.39 Å². The van der Waals surface area contributed by atoms with Gasteiger partial charge in [-0.1, -0.05) is 71.3 Å². The van der Waals surface area contributed by atoms with Crippen molar-refractivity contribution in [3.63, 3.8) is 0 Å². The summed E-state index contributed by atoms with van der Waals surface area (Å²) in [5.41, 5.74) is 3.27. The lowest BCUT2D eigenvalue weighted by molar-refractivity contribution is 0.250. The number of unbranched alkanes of at least 4 members (excludes halogenated alkanes) is 2. The number of aromatic nitrogens is 2. The van der Waals surface area contributed by atoms with Crippen molar-refractivity contribution in [2.24, 2.45) is 11.8 Å². The second-order valence-corrected chi connectivity index (χ2v) is 8.90. The molecule has 0 aliphatic heterocycles. The minimum atomic E-state index is -0.179. The van der Waals surface area contributed by atoms with Gasteiger partial charge in [0.15, 0.2) is 0 Å². The Labute approximate surface area is 176 Å². The molecule has 1 aliphatic rings. The smallest absolute Gasteiger partial charge is 0.132 e. The predicted octanol–water partition coefficient (Wildman–Crippen LogP) is 7.55. The molecule has 0 atom stereocenters. The van der Waals surface area contributed by atoms with Crippen LogP contribution in [0.4, 0.5) is 4.39 Å². The van der Waals surface area contributed by atoms with Gasteiger partial charge in [0.05, 0.1) is 11.4 Å². The molecule has 1 aliphatic carbocycles. The van der Waals surface area contributed by atoms with Crippen LogP contribution < -0.4 is 0 Å². The van der Waals surface area contributed by atoms with Crippen LogP contribution in [0.15, 0.2) is 30.3 Å². The second kappa shape index (κ2) is 11.4. The zero-order chi connectivity index (χ0) is 20.5. The van der Waals surface area contributed by atoms with E-state index >= 15 is 0 Å². The molecule has 158 valence electrons. The van der Waals surface area contributed by atoms with Gasteiger partial charge in [-0.15, -0.1) is 0 Å². The highest BCUT2D eigenvalue weighted by Gasteiger charge is 2.20. The maximum absolute atomic E-state index is 14.7. The van der Waals surface area contributed by atoms with Crippen LogP contribution in [0.1, 0.15) is 89.3 Å². The molecule has 0 saturated heterocycles. The van der Waals surface area contributed by atoms with Gasteiger partial charge in [0.2, 0.25) is 0 Å². The standard InChI is InChI=1S/C26H37FN2/c1-3-5-7-20-9-11-21(12-10-20)13-14-22-15-17-24(25(27)19-22)26-18-16-23(28-29-26)8-6-4-2/h15-21H,3-14H2,1-2H3.